The van der Waals surface area contributed by atoms with Crippen LogP contribution in [0.4, 0.5) is 24.5 Å². The summed E-state index contributed by atoms with van der Waals surface area (Å²) in [7, 11) is 0. The first kappa shape index (κ1) is 25.5. The van der Waals surface area contributed by atoms with Crippen molar-refractivity contribution in [3.8, 4) is 6.07 Å². The monoisotopic (exact) mass is 518 g/mol. The molecule has 1 amide bonds. The molecule has 2 N–H and O–H groups in total. The van der Waals surface area contributed by atoms with Crippen LogP contribution in [0.2, 0.25) is 0 Å². The van der Waals surface area contributed by atoms with Crippen LogP contribution in [-0.2, 0) is 9.53 Å². The number of anilines is 2. The Bertz CT molecular complexity index is 1380. The number of nitrogens with zero attached hydrogens (tertiary/aromatic N) is 2. The van der Waals surface area contributed by atoms with Crippen LogP contribution in [0.1, 0.15) is 35.6 Å². The number of hydrogen-bond donors (Lipinski definition) is 2. The highest BCUT2D eigenvalue weighted by atomic mass is 19.4. The number of nitriles is 1. The third kappa shape index (κ3) is 5.88. The van der Waals surface area contributed by atoms with Crippen molar-refractivity contribution in [3.05, 3.63) is 107 Å². The fraction of sp³-hybridized carbons (Fsp3) is 0.241. The Morgan fingerprint density at radius 3 is 2.50 bits per heavy atom. The highest BCUT2D eigenvalue weighted by Crippen LogP contribution is 2.35. The molecule has 5 rings (SSSR count). The molecule has 9 heteroatoms. The summed E-state index contributed by atoms with van der Waals surface area (Å²) in [5.41, 5.74) is 4.80. The van der Waals surface area contributed by atoms with Gasteiger partial charge in [0.05, 0.1) is 23.9 Å². The lowest BCUT2D eigenvalue weighted by Gasteiger charge is -2.24. The van der Waals surface area contributed by atoms with Crippen molar-refractivity contribution in [2.45, 2.75) is 31.2 Å². The molecule has 0 aromatic heterocycles. The quantitative estimate of drug-likeness (QED) is 0.391. The summed E-state index contributed by atoms with van der Waals surface area (Å²) in [6.45, 7) is 0.629. The van der Waals surface area contributed by atoms with Gasteiger partial charge in [-0.25, -0.2) is 5.43 Å². The van der Waals surface area contributed by atoms with Crippen molar-refractivity contribution in [3.63, 3.8) is 0 Å². The summed E-state index contributed by atoms with van der Waals surface area (Å²) in [6, 6.07) is 22.8. The largest absolute Gasteiger partial charge is 0.409 e. The van der Waals surface area contributed by atoms with E-state index < -0.39 is 18.1 Å². The van der Waals surface area contributed by atoms with Crippen molar-refractivity contribution in [1.29, 1.82) is 5.26 Å². The summed E-state index contributed by atoms with van der Waals surface area (Å²) in [6.07, 6.45) is -1.83. The molecule has 2 unspecified atom stereocenters. The standard InChI is InChI=1S/C29H25F3N4O2/c30-29(31,32)26-16-25(36(35-26)24-11-4-6-20(14-24)17-33)28(37)34-23-10-5-9-22(15-23)27(38-18-19-12-13-19)21-7-2-1-3-8-21/h1-11,14-16,19,26-27,35H,12-13,18H2,(H,34,37). The average molecular weight is 519 g/mol. The van der Waals surface area contributed by atoms with E-state index in [1.165, 1.54) is 18.2 Å². The fourth-order valence-electron chi connectivity index (χ4n) is 4.26. The highest BCUT2D eigenvalue weighted by molar-refractivity contribution is 6.06. The number of ether oxygens (including phenoxy) is 1. The van der Waals surface area contributed by atoms with Crippen LogP contribution in [0, 0.1) is 17.2 Å². The Morgan fingerprint density at radius 1 is 1.05 bits per heavy atom. The van der Waals surface area contributed by atoms with E-state index in [-0.39, 0.29) is 23.1 Å². The lowest BCUT2D eigenvalue weighted by Crippen LogP contribution is -2.45. The number of carbonyl (C=O) groups excluding carboxylic acids is 1. The number of hydrogen-bond acceptors (Lipinski definition) is 5. The molecule has 1 aliphatic carbocycles. The maximum Gasteiger partial charge on any atom is 0.409 e. The molecule has 2 aliphatic rings. The summed E-state index contributed by atoms with van der Waals surface area (Å²) in [4.78, 5) is 13.3. The molecule has 0 radical (unpaired) electrons. The zero-order valence-corrected chi connectivity index (χ0v) is 20.3. The second-order valence-corrected chi connectivity index (χ2v) is 9.34. The molecule has 0 saturated heterocycles. The van der Waals surface area contributed by atoms with Crippen LogP contribution in [0.25, 0.3) is 0 Å². The first-order valence-electron chi connectivity index (χ1n) is 12.2. The number of carbonyl (C=O) groups is 1. The van der Waals surface area contributed by atoms with E-state index in [4.69, 9.17) is 4.74 Å². The zero-order chi connectivity index (χ0) is 26.7. The first-order chi connectivity index (χ1) is 18.3. The lowest BCUT2D eigenvalue weighted by atomic mass is 10.0. The van der Waals surface area contributed by atoms with Crippen molar-refractivity contribution in [2.24, 2.45) is 5.92 Å². The number of halogens is 3. The van der Waals surface area contributed by atoms with Gasteiger partial charge in [-0.15, -0.1) is 0 Å². The van der Waals surface area contributed by atoms with Crippen LogP contribution in [0.5, 0.6) is 0 Å². The minimum absolute atomic E-state index is 0.225. The summed E-state index contributed by atoms with van der Waals surface area (Å²) in [5.74, 6) is -0.170. The predicted octanol–water partition coefficient (Wildman–Crippen LogP) is 5.85. The third-order valence-electron chi connectivity index (χ3n) is 6.40. The second kappa shape index (κ2) is 10.7. The zero-order valence-electron chi connectivity index (χ0n) is 20.3. The molecule has 6 nitrogen and oxygen atoms in total. The maximum absolute atomic E-state index is 13.6. The van der Waals surface area contributed by atoms with E-state index in [0.29, 0.717) is 18.2 Å². The van der Waals surface area contributed by atoms with Gasteiger partial charge in [-0.1, -0.05) is 48.5 Å². The topological polar surface area (TPSA) is 77.4 Å². The first-order valence-corrected chi connectivity index (χ1v) is 12.2. The Hall–Kier alpha value is -4.13. The van der Waals surface area contributed by atoms with Crippen molar-refractivity contribution < 1.29 is 22.7 Å². The molecular formula is C29H25F3N4O2. The van der Waals surface area contributed by atoms with E-state index in [0.717, 1.165) is 35.1 Å². The fourth-order valence-corrected chi connectivity index (χ4v) is 4.26. The number of benzene rings is 3. The Balaban J connectivity index is 1.40. The molecule has 0 bridgehead atoms. The van der Waals surface area contributed by atoms with Gasteiger partial charge in [-0.05, 0) is 66.3 Å². The van der Waals surface area contributed by atoms with E-state index in [1.54, 1.807) is 24.3 Å². The molecule has 1 fully saturated rings. The second-order valence-electron chi connectivity index (χ2n) is 9.34. The molecular weight excluding hydrogens is 493 g/mol. The molecule has 2 atom stereocenters. The smallest absolute Gasteiger partial charge is 0.368 e. The molecule has 3 aromatic rings. The van der Waals surface area contributed by atoms with Crippen LogP contribution < -0.4 is 15.8 Å². The van der Waals surface area contributed by atoms with Gasteiger partial charge in [-0.2, -0.15) is 18.4 Å². The van der Waals surface area contributed by atoms with Crippen LogP contribution in [-0.4, -0.2) is 24.7 Å². The molecule has 194 valence electrons. The van der Waals surface area contributed by atoms with Gasteiger partial charge in [0.2, 0.25) is 0 Å². The average Bonchev–Trinajstić information content (AvgIpc) is 3.63. The Morgan fingerprint density at radius 2 is 1.79 bits per heavy atom. The number of nitrogens with one attached hydrogen (secondary N) is 2. The minimum Gasteiger partial charge on any atom is -0.368 e. The predicted molar refractivity (Wildman–Crippen MR) is 137 cm³/mol. The van der Waals surface area contributed by atoms with Crippen LogP contribution in [0.3, 0.4) is 0 Å². The van der Waals surface area contributed by atoms with E-state index in [1.807, 2.05) is 42.5 Å². The SMILES string of the molecule is N#Cc1cccc(N2NC(C(F)(F)F)C=C2C(=O)Nc2cccc(C(OCC3CC3)c3ccccc3)c2)c1. The van der Waals surface area contributed by atoms with Gasteiger partial charge in [0, 0.05) is 5.69 Å². The van der Waals surface area contributed by atoms with Gasteiger partial charge < -0.3 is 10.1 Å². The van der Waals surface area contributed by atoms with Gasteiger partial charge in [0.25, 0.3) is 5.91 Å². The van der Waals surface area contributed by atoms with E-state index in [9.17, 15) is 23.2 Å². The summed E-state index contributed by atoms with van der Waals surface area (Å²) in [5, 5.41) is 13.0. The molecule has 1 aliphatic heterocycles. The summed E-state index contributed by atoms with van der Waals surface area (Å²) < 4.78 is 46.9. The number of hydrazine groups is 1. The molecule has 1 heterocycles. The Labute approximate surface area is 218 Å². The maximum atomic E-state index is 13.6. The van der Waals surface area contributed by atoms with Crippen molar-refractivity contribution in [2.75, 3.05) is 16.9 Å². The Kier molecular flexibility index (Phi) is 7.18. The van der Waals surface area contributed by atoms with Crippen LogP contribution in [0.15, 0.2) is 90.6 Å². The van der Waals surface area contributed by atoms with Crippen LogP contribution >= 0.6 is 0 Å². The molecule has 1 saturated carbocycles. The summed E-state index contributed by atoms with van der Waals surface area (Å²) >= 11 is 0. The van der Waals surface area contributed by atoms with Gasteiger partial charge in [-0.3, -0.25) is 9.80 Å². The molecule has 0 spiro atoms. The molecule has 3 aromatic carbocycles. The third-order valence-corrected chi connectivity index (χ3v) is 6.40. The number of alkyl halides is 3. The van der Waals surface area contributed by atoms with Crippen molar-refractivity contribution in [1.82, 2.24) is 5.43 Å². The van der Waals surface area contributed by atoms with Gasteiger partial charge >= 0.3 is 6.18 Å². The number of rotatable bonds is 8. The van der Waals surface area contributed by atoms with Crippen molar-refractivity contribution >= 4 is 17.3 Å². The molecule has 38 heavy (non-hydrogen) atoms. The normalized spacial score (nSPS) is 18.0. The number of amides is 1. The lowest BCUT2D eigenvalue weighted by molar-refractivity contribution is -0.142. The van der Waals surface area contributed by atoms with Gasteiger partial charge in [0.1, 0.15) is 17.8 Å². The van der Waals surface area contributed by atoms with E-state index >= 15 is 0 Å². The van der Waals surface area contributed by atoms with Gasteiger partial charge in [0.15, 0.2) is 0 Å². The highest BCUT2D eigenvalue weighted by Gasteiger charge is 2.45. The minimum atomic E-state index is -4.62. The van der Waals surface area contributed by atoms with E-state index in [2.05, 4.69) is 10.7 Å².